The summed E-state index contributed by atoms with van der Waals surface area (Å²) in [5, 5.41) is 7.41. The number of oxime groups is 1. The lowest BCUT2D eigenvalue weighted by Crippen LogP contribution is -2.44. The first-order valence-electron chi connectivity index (χ1n) is 6.89. The lowest BCUT2D eigenvalue weighted by Gasteiger charge is -2.20. The zero-order valence-electron chi connectivity index (χ0n) is 12.0. The number of hydrogen-bond acceptors (Lipinski definition) is 4. The van der Waals surface area contributed by atoms with Gasteiger partial charge in [0.15, 0.2) is 0 Å². The van der Waals surface area contributed by atoms with Crippen molar-refractivity contribution in [1.29, 1.82) is 0 Å². The molecule has 2 heterocycles. The SMILES string of the molecule is CC1(C(=O)NCc2ccco2)CC(c2ccccc2Cl)=NO1. The van der Waals surface area contributed by atoms with Crippen molar-refractivity contribution in [2.24, 2.45) is 5.16 Å². The third-order valence-corrected chi connectivity index (χ3v) is 3.86. The van der Waals surface area contributed by atoms with Crippen molar-refractivity contribution in [1.82, 2.24) is 5.32 Å². The summed E-state index contributed by atoms with van der Waals surface area (Å²) >= 11 is 6.16. The average Bonchev–Trinajstić information content (AvgIpc) is 3.16. The molecule has 1 aromatic heterocycles. The lowest BCUT2D eigenvalue weighted by atomic mass is 9.95. The summed E-state index contributed by atoms with van der Waals surface area (Å²) in [5.74, 6) is 0.442. The van der Waals surface area contributed by atoms with Crippen molar-refractivity contribution in [3.8, 4) is 0 Å². The number of amides is 1. The standard InChI is InChI=1S/C16H15ClN2O3/c1-16(15(20)18-10-11-5-4-8-21-11)9-14(19-22-16)12-6-2-3-7-13(12)17/h2-8H,9-10H2,1H3,(H,18,20). The Bertz CT molecular complexity index is 712. The van der Waals surface area contributed by atoms with Crippen molar-refractivity contribution in [3.63, 3.8) is 0 Å². The zero-order chi connectivity index (χ0) is 15.6. The van der Waals surface area contributed by atoms with Crippen LogP contribution >= 0.6 is 11.6 Å². The quantitative estimate of drug-likeness (QED) is 0.942. The average molecular weight is 319 g/mol. The molecule has 1 aliphatic rings. The maximum absolute atomic E-state index is 12.3. The highest BCUT2D eigenvalue weighted by Crippen LogP contribution is 2.29. The Kier molecular flexibility index (Phi) is 3.90. The van der Waals surface area contributed by atoms with E-state index in [4.69, 9.17) is 20.9 Å². The Morgan fingerprint density at radius 3 is 2.91 bits per heavy atom. The summed E-state index contributed by atoms with van der Waals surface area (Å²) in [6, 6.07) is 10.9. The molecule has 1 N–H and O–H groups in total. The molecule has 0 saturated heterocycles. The van der Waals surface area contributed by atoms with Crippen LogP contribution in [0.2, 0.25) is 5.02 Å². The Hall–Kier alpha value is -2.27. The van der Waals surface area contributed by atoms with Gasteiger partial charge in [-0.2, -0.15) is 0 Å². The fourth-order valence-electron chi connectivity index (χ4n) is 2.27. The van der Waals surface area contributed by atoms with Gasteiger partial charge >= 0.3 is 0 Å². The molecule has 0 aliphatic carbocycles. The van der Waals surface area contributed by atoms with E-state index in [-0.39, 0.29) is 5.91 Å². The minimum atomic E-state index is -1.04. The Labute approximate surface area is 132 Å². The molecule has 1 unspecified atom stereocenters. The molecule has 1 amide bonds. The summed E-state index contributed by atoms with van der Waals surface area (Å²) in [4.78, 5) is 17.7. The maximum atomic E-state index is 12.3. The van der Waals surface area contributed by atoms with Gasteiger partial charge < -0.3 is 14.6 Å². The number of carbonyl (C=O) groups excluding carboxylic acids is 1. The predicted octanol–water partition coefficient (Wildman–Crippen LogP) is 3.13. The van der Waals surface area contributed by atoms with Crippen LogP contribution in [-0.4, -0.2) is 17.2 Å². The van der Waals surface area contributed by atoms with Crippen LogP contribution in [0.25, 0.3) is 0 Å². The minimum absolute atomic E-state index is 0.241. The number of furan rings is 1. The van der Waals surface area contributed by atoms with Gasteiger partial charge in [-0.3, -0.25) is 4.79 Å². The predicted molar refractivity (Wildman–Crippen MR) is 82.7 cm³/mol. The molecule has 114 valence electrons. The first-order chi connectivity index (χ1) is 10.6. The van der Waals surface area contributed by atoms with E-state index in [1.165, 1.54) is 0 Å². The fourth-order valence-corrected chi connectivity index (χ4v) is 2.51. The number of rotatable bonds is 4. The molecule has 0 radical (unpaired) electrons. The topological polar surface area (TPSA) is 63.8 Å². The van der Waals surface area contributed by atoms with Gasteiger partial charge in [-0.05, 0) is 25.1 Å². The first kappa shape index (κ1) is 14.7. The molecule has 1 aromatic carbocycles. The summed E-state index contributed by atoms with van der Waals surface area (Å²) in [5.41, 5.74) is 0.411. The maximum Gasteiger partial charge on any atom is 0.267 e. The van der Waals surface area contributed by atoms with E-state index < -0.39 is 5.60 Å². The highest BCUT2D eigenvalue weighted by molar-refractivity contribution is 6.34. The molecule has 5 nitrogen and oxygen atoms in total. The smallest absolute Gasteiger partial charge is 0.267 e. The number of benzene rings is 1. The minimum Gasteiger partial charge on any atom is -0.467 e. The van der Waals surface area contributed by atoms with E-state index in [9.17, 15) is 4.79 Å². The van der Waals surface area contributed by atoms with Gasteiger partial charge in [-0.1, -0.05) is 35.0 Å². The zero-order valence-corrected chi connectivity index (χ0v) is 12.8. The molecular weight excluding hydrogens is 304 g/mol. The van der Waals surface area contributed by atoms with Gasteiger partial charge in [0, 0.05) is 17.0 Å². The molecule has 0 bridgehead atoms. The number of nitrogens with one attached hydrogen (secondary N) is 1. The molecule has 1 atom stereocenters. The summed E-state index contributed by atoms with van der Waals surface area (Å²) < 4.78 is 5.18. The van der Waals surface area contributed by atoms with Crippen molar-refractivity contribution < 1.29 is 14.0 Å². The molecule has 22 heavy (non-hydrogen) atoms. The van der Waals surface area contributed by atoms with E-state index in [2.05, 4.69) is 10.5 Å². The van der Waals surface area contributed by atoms with Gasteiger partial charge in [-0.25, -0.2) is 0 Å². The van der Waals surface area contributed by atoms with Crippen LogP contribution < -0.4 is 5.32 Å². The fraction of sp³-hybridized carbons (Fsp3) is 0.250. The number of halogens is 1. The Balaban J connectivity index is 1.66. The Morgan fingerprint density at radius 2 is 2.18 bits per heavy atom. The number of carbonyl (C=O) groups is 1. The second kappa shape index (κ2) is 5.85. The summed E-state index contributed by atoms with van der Waals surface area (Å²) in [7, 11) is 0. The third kappa shape index (κ3) is 2.85. The van der Waals surface area contributed by atoms with E-state index in [0.29, 0.717) is 29.5 Å². The van der Waals surface area contributed by atoms with Gasteiger partial charge in [0.1, 0.15) is 5.76 Å². The molecule has 1 aliphatic heterocycles. The first-order valence-corrected chi connectivity index (χ1v) is 7.27. The van der Waals surface area contributed by atoms with Crippen molar-refractivity contribution in [3.05, 3.63) is 59.0 Å². The van der Waals surface area contributed by atoms with Crippen LogP contribution in [0.1, 0.15) is 24.7 Å². The van der Waals surface area contributed by atoms with Crippen LogP contribution in [0.3, 0.4) is 0 Å². The summed E-state index contributed by atoms with van der Waals surface area (Å²) in [6.07, 6.45) is 1.93. The van der Waals surface area contributed by atoms with Crippen LogP contribution in [-0.2, 0) is 16.2 Å². The summed E-state index contributed by atoms with van der Waals surface area (Å²) in [6.45, 7) is 2.02. The number of nitrogens with zero attached hydrogens (tertiary/aromatic N) is 1. The molecule has 0 spiro atoms. The van der Waals surface area contributed by atoms with E-state index in [1.54, 1.807) is 31.4 Å². The van der Waals surface area contributed by atoms with E-state index in [1.807, 2.05) is 18.2 Å². The molecule has 2 aromatic rings. The van der Waals surface area contributed by atoms with Crippen LogP contribution in [0.5, 0.6) is 0 Å². The van der Waals surface area contributed by atoms with Gasteiger partial charge in [0.05, 0.1) is 18.5 Å². The van der Waals surface area contributed by atoms with E-state index in [0.717, 1.165) is 5.56 Å². The van der Waals surface area contributed by atoms with Crippen molar-refractivity contribution in [2.45, 2.75) is 25.5 Å². The van der Waals surface area contributed by atoms with Gasteiger partial charge in [0.2, 0.25) is 5.60 Å². The van der Waals surface area contributed by atoms with Crippen molar-refractivity contribution in [2.75, 3.05) is 0 Å². The molecular formula is C16H15ClN2O3. The molecule has 0 saturated carbocycles. The molecule has 6 heteroatoms. The lowest BCUT2D eigenvalue weighted by molar-refractivity contribution is -0.141. The Morgan fingerprint density at radius 1 is 1.36 bits per heavy atom. The van der Waals surface area contributed by atoms with Gasteiger partial charge in [0.25, 0.3) is 5.91 Å². The second-order valence-electron chi connectivity index (χ2n) is 5.28. The largest absolute Gasteiger partial charge is 0.467 e. The van der Waals surface area contributed by atoms with Crippen LogP contribution in [0.15, 0.2) is 52.2 Å². The monoisotopic (exact) mass is 318 g/mol. The van der Waals surface area contributed by atoms with Crippen molar-refractivity contribution >= 4 is 23.2 Å². The van der Waals surface area contributed by atoms with Crippen LogP contribution in [0, 0.1) is 0 Å². The molecule has 3 rings (SSSR count). The third-order valence-electron chi connectivity index (χ3n) is 3.53. The van der Waals surface area contributed by atoms with E-state index >= 15 is 0 Å². The molecule has 0 fully saturated rings. The number of hydrogen-bond donors (Lipinski definition) is 1. The highest BCUT2D eigenvalue weighted by Gasteiger charge is 2.42. The van der Waals surface area contributed by atoms with Crippen LogP contribution in [0.4, 0.5) is 0 Å². The van der Waals surface area contributed by atoms with Gasteiger partial charge in [-0.15, -0.1) is 0 Å². The second-order valence-corrected chi connectivity index (χ2v) is 5.69. The normalized spacial score (nSPS) is 20.4. The highest BCUT2D eigenvalue weighted by atomic mass is 35.5.